The second kappa shape index (κ2) is 15.1. The molecule has 0 aliphatic heterocycles. The van der Waals surface area contributed by atoms with E-state index in [1.807, 2.05) is 62.4 Å². The Labute approximate surface area is 267 Å². The van der Waals surface area contributed by atoms with Crippen molar-refractivity contribution < 1.29 is 31.2 Å². The molecule has 0 fully saturated rings. The molecule has 0 unspecified atom stereocenters. The summed E-state index contributed by atoms with van der Waals surface area (Å²) < 4.78 is 69.8. The van der Waals surface area contributed by atoms with Gasteiger partial charge in [0, 0.05) is 19.5 Å². The quantitative estimate of drug-likeness (QED) is 0.182. The lowest BCUT2D eigenvalue weighted by Crippen LogP contribution is -2.53. The van der Waals surface area contributed by atoms with Gasteiger partial charge < -0.3 is 10.2 Å². The fraction of sp³-hybridized carbons (Fsp3) is 0.257. The first kappa shape index (κ1) is 34.2. The van der Waals surface area contributed by atoms with Crippen LogP contribution in [-0.2, 0) is 38.8 Å². The number of aryl methyl sites for hydroxylation is 1. The van der Waals surface area contributed by atoms with Crippen molar-refractivity contribution in [1.29, 1.82) is 0 Å². The van der Waals surface area contributed by atoms with Gasteiger partial charge in [-0.3, -0.25) is 13.9 Å². The number of nitrogens with one attached hydrogen (secondary N) is 1. The van der Waals surface area contributed by atoms with Crippen molar-refractivity contribution in [3.63, 3.8) is 0 Å². The predicted molar refractivity (Wildman–Crippen MR) is 171 cm³/mol. The molecular formula is C35H36F3N3O4S. The molecule has 7 nitrogen and oxygen atoms in total. The molecule has 4 aromatic carbocycles. The van der Waals surface area contributed by atoms with E-state index in [0.29, 0.717) is 28.9 Å². The average Bonchev–Trinajstić information content (AvgIpc) is 3.04. The number of alkyl halides is 3. The Morgan fingerprint density at radius 2 is 1.46 bits per heavy atom. The lowest BCUT2D eigenvalue weighted by molar-refractivity contribution is -0.140. The number of sulfonamides is 1. The van der Waals surface area contributed by atoms with Crippen LogP contribution in [0.15, 0.2) is 114 Å². The number of amides is 2. The van der Waals surface area contributed by atoms with E-state index in [0.717, 1.165) is 23.3 Å². The molecule has 0 bridgehead atoms. The van der Waals surface area contributed by atoms with Gasteiger partial charge >= 0.3 is 6.18 Å². The summed E-state index contributed by atoms with van der Waals surface area (Å²) in [5.41, 5.74) is 0.983. The molecule has 0 heterocycles. The van der Waals surface area contributed by atoms with Crippen molar-refractivity contribution in [2.75, 3.05) is 17.4 Å². The van der Waals surface area contributed by atoms with Gasteiger partial charge in [0.2, 0.25) is 11.8 Å². The van der Waals surface area contributed by atoms with Gasteiger partial charge in [-0.2, -0.15) is 13.2 Å². The van der Waals surface area contributed by atoms with Gasteiger partial charge in [-0.05, 0) is 54.8 Å². The van der Waals surface area contributed by atoms with Gasteiger partial charge in [-0.15, -0.1) is 0 Å². The Morgan fingerprint density at radius 1 is 0.826 bits per heavy atom. The minimum absolute atomic E-state index is 0.0423. The number of carbonyl (C=O) groups excluding carboxylic acids is 2. The van der Waals surface area contributed by atoms with Crippen LogP contribution in [0.2, 0.25) is 0 Å². The van der Waals surface area contributed by atoms with Crippen molar-refractivity contribution >= 4 is 27.5 Å². The van der Waals surface area contributed by atoms with Gasteiger partial charge in [0.05, 0.1) is 16.1 Å². The van der Waals surface area contributed by atoms with Crippen molar-refractivity contribution in [2.24, 2.45) is 0 Å². The number of anilines is 1. The maximum atomic E-state index is 14.4. The molecule has 4 aromatic rings. The molecule has 0 saturated carbocycles. The molecule has 4 rings (SSSR count). The molecule has 11 heteroatoms. The minimum Gasteiger partial charge on any atom is -0.354 e. The molecule has 242 valence electrons. The number of benzene rings is 4. The molecule has 1 atom stereocenters. The van der Waals surface area contributed by atoms with Crippen molar-refractivity contribution in [1.82, 2.24) is 10.2 Å². The fourth-order valence-corrected chi connectivity index (χ4v) is 6.44. The van der Waals surface area contributed by atoms with E-state index >= 15 is 0 Å². The SMILES string of the molecule is CCCNC(=O)[C@@H](Cc1ccccc1)N(Cc1cccc(C)c1)C(=O)CN(c1cccc(C(F)(F)F)c1)S(=O)(=O)c1ccccc1. The summed E-state index contributed by atoms with van der Waals surface area (Å²) in [6.45, 7) is 3.24. The van der Waals surface area contributed by atoms with E-state index in [2.05, 4.69) is 5.32 Å². The first-order chi connectivity index (χ1) is 21.9. The highest BCUT2D eigenvalue weighted by molar-refractivity contribution is 7.92. The summed E-state index contributed by atoms with van der Waals surface area (Å²) in [7, 11) is -4.53. The number of rotatable bonds is 13. The largest absolute Gasteiger partial charge is 0.416 e. The smallest absolute Gasteiger partial charge is 0.354 e. The highest BCUT2D eigenvalue weighted by atomic mass is 32.2. The Kier molecular flexibility index (Phi) is 11.2. The lowest BCUT2D eigenvalue weighted by Gasteiger charge is -2.34. The maximum Gasteiger partial charge on any atom is 0.416 e. The molecule has 0 spiro atoms. The summed E-state index contributed by atoms with van der Waals surface area (Å²) in [5.74, 6) is -1.19. The van der Waals surface area contributed by atoms with Gasteiger partial charge in [0.1, 0.15) is 12.6 Å². The normalized spacial score (nSPS) is 12.3. The number of hydrogen-bond acceptors (Lipinski definition) is 4. The predicted octanol–water partition coefficient (Wildman–Crippen LogP) is 6.38. The van der Waals surface area contributed by atoms with Crippen LogP contribution in [0.1, 0.15) is 35.6 Å². The highest BCUT2D eigenvalue weighted by Crippen LogP contribution is 2.33. The van der Waals surface area contributed by atoms with E-state index in [1.54, 1.807) is 12.1 Å². The van der Waals surface area contributed by atoms with Crippen LogP contribution in [0, 0.1) is 6.92 Å². The highest BCUT2D eigenvalue weighted by Gasteiger charge is 2.36. The van der Waals surface area contributed by atoms with Gasteiger partial charge in [-0.25, -0.2) is 8.42 Å². The van der Waals surface area contributed by atoms with E-state index < -0.39 is 46.2 Å². The minimum atomic E-state index is -4.75. The molecule has 0 aromatic heterocycles. The Balaban J connectivity index is 1.83. The fourth-order valence-electron chi connectivity index (χ4n) is 5.01. The Morgan fingerprint density at radius 3 is 2.09 bits per heavy atom. The molecule has 2 amide bonds. The van der Waals surface area contributed by atoms with Crippen molar-refractivity contribution in [3.05, 3.63) is 131 Å². The number of hydrogen-bond donors (Lipinski definition) is 1. The molecule has 0 radical (unpaired) electrons. The molecule has 46 heavy (non-hydrogen) atoms. The van der Waals surface area contributed by atoms with E-state index in [4.69, 9.17) is 0 Å². The molecular weight excluding hydrogens is 615 g/mol. The molecule has 0 aliphatic rings. The van der Waals surface area contributed by atoms with Crippen molar-refractivity contribution in [2.45, 2.75) is 50.3 Å². The maximum absolute atomic E-state index is 14.4. The zero-order valence-corrected chi connectivity index (χ0v) is 26.4. The van der Waals surface area contributed by atoms with Crippen LogP contribution in [0.5, 0.6) is 0 Å². The molecule has 0 saturated heterocycles. The summed E-state index contributed by atoms with van der Waals surface area (Å²) >= 11 is 0. The standard InChI is InChI=1S/C35H36F3N3O4S/c1-3-20-39-34(43)32(22-27-13-6-4-7-14-27)40(24-28-15-10-12-26(2)21-28)33(42)25-41(46(44,45)31-18-8-5-9-19-31)30-17-11-16-29(23-30)35(36,37)38/h4-19,21,23,32H,3,20,22,24-25H2,1-2H3,(H,39,43)/t32-/m1/s1. The van der Waals surface area contributed by atoms with Gasteiger partial charge in [0.25, 0.3) is 10.0 Å². The first-order valence-electron chi connectivity index (χ1n) is 14.8. The van der Waals surface area contributed by atoms with Gasteiger partial charge in [0.15, 0.2) is 0 Å². The van der Waals surface area contributed by atoms with E-state index in [-0.39, 0.29) is 23.5 Å². The van der Waals surface area contributed by atoms with Crippen LogP contribution in [0.4, 0.5) is 18.9 Å². The zero-order chi connectivity index (χ0) is 33.3. The van der Waals surface area contributed by atoms with Crippen LogP contribution in [0.3, 0.4) is 0 Å². The Hall–Kier alpha value is -4.64. The van der Waals surface area contributed by atoms with E-state index in [9.17, 15) is 31.2 Å². The van der Waals surface area contributed by atoms with E-state index in [1.165, 1.54) is 35.2 Å². The lowest BCUT2D eigenvalue weighted by atomic mass is 10.0. The van der Waals surface area contributed by atoms with Gasteiger partial charge in [-0.1, -0.05) is 91.3 Å². The summed E-state index contributed by atoms with van der Waals surface area (Å²) in [5, 5.41) is 2.86. The van der Waals surface area contributed by atoms with Crippen LogP contribution in [0.25, 0.3) is 0 Å². The number of carbonyl (C=O) groups is 2. The zero-order valence-electron chi connectivity index (χ0n) is 25.6. The summed E-state index contributed by atoms with van der Waals surface area (Å²) in [6.07, 6.45) is -3.98. The summed E-state index contributed by atoms with van der Waals surface area (Å²) in [6, 6.07) is 26.4. The third-order valence-electron chi connectivity index (χ3n) is 7.33. The number of halogens is 3. The third-order valence-corrected chi connectivity index (χ3v) is 9.12. The third kappa shape index (κ3) is 8.75. The van der Waals surface area contributed by atoms with Crippen molar-refractivity contribution in [3.8, 4) is 0 Å². The first-order valence-corrected chi connectivity index (χ1v) is 16.3. The topological polar surface area (TPSA) is 86.8 Å². The summed E-state index contributed by atoms with van der Waals surface area (Å²) in [4.78, 5) is 29.2. The molecule has 1 N–H and O–H groups in total. The van der Waals surface area contributed by atoms with Crippen LogP contribution < -0.4 is 9.62 Å². The van der Waals surface area contributed by atoms with Crippen LogP contribution in [-0.4, -0.2) is 44.3 Å². The number of nitrogens with zero attached hydrogens (tertiary/aromatic N) is 2. The molecule has 0 aliphatic carbocycles. The second-order valence-electron chi connectivity index (χ2n) is 10.9. The second-order valence-corrected chi connectivity index (χ2v) is 12.7. The Bertz CT molecular complexity index is 1730. The average molecular weight is 652 g/mol. The monoisotopic (exact) mass is 651 g/mol. The van der Waals surface area contributed by atoms with Crippen LogP contribution >= 0.6 is 0 Å².